The van der Waals surface area contributed by atoms with E-state index in [2.05, 4.69) is 23.7 Å². The third-order valence-electron chi connectivity index (χ3n) is 3.76. The minimum absolute atomic E-state index is 0.621. The van der Waals surface area contributed by atoms with Crippen LogP contribution < -0.4 is 0 Å². The number of piperidine rings is 1. The van der Waals surface area contributed by atoms with Gasteiger partial charge in [-0.15, -0.1) is 11.3 Å². The summed E-state index contributed by atoms with van der Waals surface area (Å²) >= 11 is 1.62. The van der Waals surface area contributed by atoms with E-state index >= 15 is 0 Å². The van der Waals surface area contributed by atoms with Crippen molar-refractivity contribution in [1.82, 2.24) is 9.88 Å². The van der Waals surface area contributed by atoms with Crippen molar-refractivity contribution in [2.45, 2.75) is 52.1 Å². The number of rotatable bonds is 5. The van der Waals surface area contributed by atoms with Gasteiger partial charge in [0.2, 0.25) is 0 Å². The van der Waals surface area contributed by atoms with Gasteiger partial charge in [0.1, 0.15) is 5.01 Å². The van der Waals surface area contributed by atoms with Crippen LogP contribution in [0.15, 0.2) is 6.08 Å². The number of likely N-dealkylation sites (tertiary alicyclic amines) is 1. The lowest BCUT2D eigenvalue weighted by molar-refractivity contribution is -0.131. The fourth-order valence-corrected chi connectivity index (χ4v) is 3.66. The molecule has 1 fully saturated rings. The van der Waals surface area contributed by atoms with Crippen LogP contribution in [0.5, 0.6) is 0 Å². The number of aryl methyl sites for hydroxylation is 1. The minimum atomic E-state index is -0.911. The Bertz CT molecular complexity index is 496. The van der Waals surface area contributed by atoms with Crippen LogP contribution >= 0.6 is 11.3 Å². The van der Waals surface area contributed by atoms with E-state index < -0.39 is 5.97 Å². The van der Waals surface area contributed by atoms with E-state index in [1.165, 1.54) is 25.3 Å². The molecule has 1 aromatic heterocycles. The van der Waals surface area contributed by atoms with Gasteiger partial charge in [0, 0.05) is 12.1 Å². The molecule has 0 spiro atoms. The summed E-state index contributed by atoms with van der Waals surface area (Å²) < 4.78 is 0. The first-order chi connectivity index (χ1) is 9.60. The number of thiazole rings is 1. The number of aromatic nitrogens is 1. The van der Waals surface area contributed by atoms with Gasteiger partial charge in [-0.1, -0.05) is 13.3 Å². The third kappa shape index (κ3) is 3.90. The van der Waals surface area contributed by atoms with Gasteiger partial charge >= 0.3 is 5.97 Å². The second-order valence-electron chi connectivity index (χ2n) is 5.26. The van der Waals surface area contributed by atoms with Crippen LogP contribution in [0.4, 0.5) is 0 Å². The molecule has 4 nitrogen and oxygen atoms in total. The zero-order chi connectivity index (χ0) is 14.5. The molecular weight excluding hydrogens is 272 g/mol. The third-order valence-corrected chi connectivity index (χ3v) is 4.81. The van der Waals surface area contributed by atoms with Gasteiger partial charge in [0.05, 0.1) is 17.1 Å². The molecule has 1 N–H and O–H groups in total. The summed E-state index contributed by atoms with van der Waals surface area (Å²) in [5, 5.41) is 9.83. The molecule has 1 atom stereocenters. The lowest BCUT2D eigenvalue weighted by Crippen LogP contribution is -2.36. The van der Waals surface area contributed by atoms with Gasteiger partial charge in [0.25, 0.3) is 0 Å². The van der Waals surface area contributed by atoms with Crippen molar-refractivity contribution in [1.29, 1.82) is 0 Å². The molecule has 1 aliphatic heterocycles. The molecule has 1 unspecified atom stereocenters. The molecule has 1 aliphatic rings. The first-order valence-corrected chi connectivity index (χ1v) is 8.05. The first kappa shape index (κ1) is 15.2. The summed E-state index contributed by atoms with van der Waals surface area (Å²) in [5.41, 5.74) is 1.01. The molecule has 2 heterocycles. The van der Waals surface area contributed by atoms with Crippen LogP contribution in [0, 0.1) is 0 Å². The Labute approximate surface area is 124 Å². The lowest BCUT2D eigenvalue weighted by Gasteiger charge is -2.32. The quantitative estimate of drug-likeness (QED) is 0.847. The Morgan fingerprint density at radius 2 is 2.35 bits per heavy atom. The maximum atomic E-state index is 10.6. The number of hydrogen-bond acceptors (Lipinski definition) is 4. The summed E-state index contributed by atoms with van der Waals surface area (Å²) in [5.74, 6) is -0.911. The zero-order valence-electron chi connectivity index (χ0n) is 12.1. The van der Waals surface area contributed by atoms with E-state index in [1.54, 1.807) is 17.4 Å². The maximum Gasteiger partial charge on any atom is 0.328 e. The smallest absolute Gasteiger partial charge is 0.328 e. The summed E-state index contributed by atoms with van der Waals surface area (Å²) in [6, 6.07) is 0.621. The zero-order valence-corrected chi connectivity index (χ0v) is 12.9. The highest BCUT2D eigenvalue weighted by Gasteiger charge is 2.20. The average Bonchev–Trinajstić information content (AvgIpc) is 2.81. The Morgan fingerprint density at radius 1 is 1.55 bits per heavy atom. The summed E-state index contributed by atoms with van der Waals surface area (Å²) in [6.07, 6.45) is 7.55. The molecule has 0 bridgehead atoms. The van der Waals surface area contributed by atoms with Gasteiger partial charge in [-0.25, -0.2) is 9.78 Å². The van der Waals surface area contributed by atoms with Gasteiger partial charge in [-0.3, -0.25) is 4.90 Å². The van der Waals surface area contributed by atoms with E-state index in [4.69, 9.17) is 5.11 Å². The van der Waals surface area contributed by atoms with E-state index in [0.29, 0.717) is 6.04 Å². The monoisotopic (exact) mass is 294 g/mol. The van der Waals surface area contributed by atoms with Crippen LogP contribution in [0.1, 0.15) is 48.7 Å². The van der Waals surface area contributed by atoms with Crippen molar-refractivity contribution in [2.24, 2.45) is 0 Å². The first-order valence-electron chi connectivity index (χ1n) is 7.23. The largest absolute Gasteiger partial charge is 0.478 e. The summed E-state index contributed by atoms with van der Waals surface area (Å²) in [4.78, 5) is 18.8. The second kappa shape index (κ2) is 6.99. The predicted octanol–water partition coefficient (Wildman–Crippen LogP) is 3.18. The van der Waals surface area contributed by atoms with Gasteiger partial charge in [0.15, 0.2) is 0 Å². The molecule has 0 saturated carbocycles. The van der Waals surface area contributed by atoms with Crippen LogP contribution in [0.25, 0.3) is 6.08 Å². The van der Waals surface area contributed by atoms with E-state index in [9.17, 15) is 4.79 Å². The predicted molar refractivity (Wildman–Crippen MR) is 81.9 cm³/mol. The van der Waals surface area contributed by atoms with Crippen LogP contribution in [0.3, 0.4) is 0 Å². The molecule has 5 heteroatoms. The highest BCUT2D eigenvalue weighted by Crippen LogP contribution is 2.25. The number of nitrogens with zero attached hydrogens (tertiary/aromatic N) is 2. The SMILES string of the molecule is CCc1nc(CN2CCCCC2C)sc1/C=C/C(=O)O. The number of hydrogen-bond donors (Lipinski definition) is 1. The van der Waals surface area contributed by atoms with Crippen molar-refractivity contribution in [2.75, 3.05) is 6.54 Å². The number of carboxylic acid groups (broad SMARTS) is 1. The molecule has 2 rings (SSSR count). The number of aliphatic carboxylic acids is 1. The van der Waals surface area contributed by atoms with Crippen LogP contribution in [-0.2, 0) is 17.8 Å². The molecule has 20 heavy (non-hydrogen) atoms. The van der Waals surface area contributed by atoms with Gasteiger partial charge in [-0.05, 0) is 38.8 Å². The Morgan fingerprint density at radius 3 is 3.00 bits per heavy atom. The summed E-state index contributed by atoms with van der Waals surface area (Å²) in [7, 11) is 0. The minimum Gasteiger partial charge on any atom is -0.478 e. The Balaban J connectivity index is 2.10. The van der Waals surface area contributed by atoms with Gasteiger partial charge in [-0.2, -0.15) is 0 Å². The van der Waals surface area contributed by atoms with Crippen molar-refractivity contribution in [3.8, 4) is 0 Å². The molecular formula is C15H22N2O2S. The highest BCUT2D eigenvalue weighted by atomic mass is 32.1. The molecule has 0 aromatic carbocycles. The summed E-state index contributed by atoms with van der Waals surface area (Å²) in [6.45, 7) is 6.36. The van der Waals surface area contributed by atoms with E-state index in [1.807, 2.05) is 0 Å². The standard InChI is InChI=1S/C15H22N2O2S/c1-3-12-13(7-8-15(18)19)20-14(16-12)10-17-9-5-4-6-11(17)2/h7-8,11H,3-6,9-10H2,1-2H3,(H,18,19)/b8-7+. The maximum absolute atomic E-state index is 10.6. The lowest BCUT2D eigenvalue weighted by atomic mass is 10.0. The molecule has 110 valence electrons. The Kier molecular flexibility index (Phi) is 5.31. The normalized spacial score (nSPS) is 20.6. The average molecular weight is 294 g/mol. The topological polar surface area (TPSA) is 53.4 Å². The molecule has 1 saturated heterocycles. The number of carbonyl (C=O) groups is 1. The van der Waals surface area contributed by atoms with Crippen LogP contribution in [-0.4, -0.2) is 33.5 Å². The fraction of sp³-hybridized carbons (Fsp3) is 0.600. The van der Waals surface area contributed by atoms with Crippen molar-refractivity contribution >= 4 is 23.4 Å². The molecule has 1 aromatic rings. The van der Waals surface area contributed by atoms with Gasteiger partial charge < -0.3 is 5.11 Å². The van der Waals surface area contributed by atoms with Crippen molar-refractivity contribution in [3.05, 3.63) is 21.7 Å². The molecule has 0 radical (unpaired) electrons. The van der Waals surface area contributed by atoms with Crippen molar-refractivity contribution < 1.29 is 9.90 Å². The number of carboxylic acids is 1. The van der Waals surface area contributed by atoms with E-state index in [-0.39, 0.29) is 0 Å². The molecule has 0 aliphatic carbocycles. The molecule has 0 amide bonds. The highest BCUT2D eigenvalue weighted by molar-refractivity contribution is 7.12. The fourth-order valence-electron chi connectivity index (χ4n) is 2.58. The second-order valence-corrected chi connectivity index (χ2v) is 6.37. The van der Waals surface area contributed by atoms with Crippen LogP contribution in [0.2, 0.25) is 0 Å². The Hall–Kier alpha value is -1.20. The van der Waals surface area contributed by atoms with E-state index in [0.717, 1.165) is 35.1 Å². The van der Waals surface area contributed by atoms with Crippen molar-refractivity contribution in [3.63, 3.8) is 0 Å².